The molecule has 0 spiro atoms. The number of benzene rings is 1. The Morgan fingerprint density at radius 2 is 2.04 bits per heavy atom. The van der Waals surface area contributed by atoms with Gasteiger partial charge in [0, 0.05) is 38.0 Å². The highest BCUT2D eigenvalue weighted by Gasteiger charge is 2.32. The van der Waals surface area contributed by atoms with Crippen LogP contribution in [0.3, 0.4) is 0 Å². The first-order chi connectivity index (χ1) is 12.4. The third kappa shape index (κ3) is 3.95. The molecule has 0 radical (unpaired) electrons. The van der Waals surface area contributed by atoms with Crippen molar-refractivity contribution in [1.82, 2.24) is 19.8 Å². The number of nitrogens with one attached hydrogen (secondary N) is 2. The van der Waals surface area contributed by atoms with E-state index in [2.05, 4.69) is 15.1 Å². The molecule has 1 aromatic carbocycles. The fourth-order valence-electron chi connectivity index (χ4n) is 3.01. The molecule has 1 saturated heterocycles. The molecule has 3 rings (SSSR count). The van der Waals surface area contributed by atoms with Crippen LogP contribution in [0.25, 0.3) is 0 Å². The first-order valence-corrected chi connectivity index (χ1v) is 9.83. The first kappa shape index (κ1) is 18.6. The summed E-state index contributed by atoms with van der Waals surface area (Å²) in [6.45, 7) is 0.582. The molecule has 1 aliphatic rings. The maximum Gasteiger partial charge on any atom is 0.251 e. The van der Waals surface area contributed by atoms with Crippen LogP contribution in [0.15, 0.2) is 41.6 Å². The van der Waals surface area contributed by atoms with Crippen LogP contribution in [0, 0.1) is 0 Å². The van der Waals surface area contributed by atoms with Gasteiger partial charge in [-0.1, -0.05) is 0 Å². The summed E-state index contributed by atoms with van der Waals surface area (Å²) in [5, 5.41) is 6.64. The smallest absolute Gasteiger partial charge is 0.251 e. The lowest BCUT2D eigenvalue weighted by Gasteiger charge is -2.31. The normalized spacial score (nSPS) is 20.7. The van der Waals surface area contributed by atoms with E-state index in [0.717, 1.165) is 12.0 Å². The lowest BCUT2D eigenvalue weighted by molar-refractivity contribution is -0.00446. The predicted octanol–water partition coefficient (Wildman–Crippen LogP) is 0.978. The number of hydrogen-bond donors (Lipinski definition) is 2. The molecule has 0 aliphatic carbocycles. The van der Waals surface area contributed by atoms with E-state index in [-0.39, 0.29) is 22.9 Å². The molecule has 140 valence electrons. The minimum absolute atomic E-state index is 0.112. The van der Waals surface area contributed by atoms with Crippen molar-refractivity contribution >= 4 is 15.9 Å². The summed E-state index contributed by atoms with van der Waals surface area (Å²) in [6, 6.07) is 5.45. The van der Waals surface area contributed by atoms with Gasteiger partial charge in [-0.3, -0.25) is 9.48 Å². The molecular formula is C17H22N4O4S. The number of hydrogen-bond acceptors (Lipinski definition) is 5. The average Bonchev–Trinajstić information content (AvgIpc) is 3.07. The molecule has 1 amide bonds. The third-order valence-corrected chi connectivity index (χ3v) is 5.84. The van der Waals surface area contributed by atoms with Gasteiger partial charge in [-0.05, 0) is 37.1 Å². The molecule has 1 aromatic heterocycles. The van der Waals surface area contributed by atoms with Crippen LogP contribution in [-0.4, -0.2) is 43.8 Å². The van der Waals surface area contributed by atoms with Crippen LogP contribution in [0.5, 0.6) is 0 Å². The average molecular weight is 378 g/mol. The summed E-state index contributed by atoms with van der Waals surface area (Å²) in [5.41, 5.74) is 1.25. The van der Waals surface area contributed by atoms with Gasteiger partial charge in [0.25, 0.3) is 5.91 Å². The number of carbonyl (C=O) groups is 1. The van der Waals surface area contributed by atoms with Gasteiger partial charge in [-0.2, -0.15) is 5.10 Å². The Morgan fingerprint density at radius 3 is 2.65 bits per heavy atom. The molecule has 8 nitrogen and oxygen atoms in total. The predicted molar refractivity (Wildman–Crippen MR) is 95.1 cm³/mol. The van der Waals surface area contributed by atoms with Crippen LogP contribution in [0.1, 0.15) is 34.9 Å². The van der Waals surface area contributed by atoms with Crippen molar-refractivity contribution in [3.8, 4) is 0 Å². The molecule has 9 heteroatoms. The summed E-state index contributed by atoms with van der Waals surface area (Å²) in [7, 11) is -0.403. The second-order valence-electron chi connectivity index (χ2n) is 6.21. The van der Waals surface area contributed by atoms with Crippen LogP contribution < -0.4 is 10.0 Å². The van der Waals surface area contributed by atoms with Crippen molar-refractivity contribution in [1.29, 1.82) is 0 Å². The summed E-state index contributed by atoms with van der Waals surface area (Å²) in [6.07, 6.45) is 4.59. The molecule has 2 heterocycles. The van der Waals surface area contributed by atoms with Gasteiger partial charge in [0.2, 0.25) is 10.0 Å². The van der Waals surface area contributed by atoms with Crippen LogP contribution in [0.2, 0.25) is 0 Å². The number of sulfonamides is 1. The van der Waals surface area contributed by atoms with Crippen molar-refractivity contribution in [3.05, 3.63) is 47.8 Å². The summed E-state index contributed by atoms with van der Waals surface area (Å²) in [5.74, 6) is -0.265. The van der Waals surface area contributed by atoms with Crippen molar-refractivity contribution in [2.45, 2.75) is 29.9 Å². The van der Waals surface area contributed by atoms with Gasteiger partial charge < -0.3 is 10.1 Å². The van der Waals surface area contributed by atoms with Crippen LogP contribution >= 0.6 is 0 Å². The SMILES string of the molecule is CNC(=O)c1ccc(S(=O)(=O)N[C@H]2CCCO[C@@H]2c2cnn(C)c2)cc1. The van der Waals surface area contributed by atoms with E-state index in [0.29, 0.717) is 18.6 Å². The van der Waals surface area contributed by atoms with Gasteiger partial charge in [0.15, 0.2) is 0 Å². The Labute approximate surface area is 152 Å². The molecule has 2 aromatic rings. The lowest BCUT2D eigenvalue weighted by atomic mass is 9.99. The number of rotatable bonds is 5. The Balaban J connectivity index is 1.79. The van der Waals surface area contributed by atoms with Crippen molar-refractivity contribution < 1.29 is 17.9 Å². The van der Waals surface area contributed by atoms with E-state index in [4.69, 9.17) is 4.74 Å². The standard InChI is InChI=1S/C17H22N4O4S/c1-18-17(22)12-5-7-14(8-6-12)26(23,24)20-15-4-3-9-25-16(15)13-10-19-21(2)11-13/h5-8,10-11,15-16,20H,3-4,9H2,1-2H3,(H,18,22)/t15-,16+/m0/s1. The highest BCUT2D eigenvalue weighted by atomic mass is 32.2. The van der Waals surface area contributed by atoms with Crippen LogP contribution in [0.4, 0.5) is 0 Å². The first-order valence-electron chi connectivity index (χ1n) is 8.35. The molecule has 26 heavy (non-hydrogen) atoms. The topological polar surface area (TPSA) is 102 Å². The maximum absolute atomic E-state index is 12.7. The number of aryl methyl sites for hydroxylation is 1. The van der Waals surface area contributed by atoms with E-state index in [1.54, 1.807) is 17.9 Å². The minimum atomic E-state index is -3.73. The summed E-state index contributed by atoms with van der Waals surface area (Å²) < 4.78 is 35.7. The quantitative estimate of drug-likeness (QED) is 0.807. The molecule has 2 N–H and O–H groups in total. The zero-order chi connectivity index (χ0) is 18.7. The van der Waals surface area contributed by atoms with E-state index in [9.17, 15) is 13.2 Å². The number of nitrogens with zero attached hydrogens (tertiary/aromatic N) is 2. The Bertz CT molecular complexity index is 876. The fourth-order valence-corrected chi connectivity index (χ4v) is 4.29. The highest BCUT2D eigenvalue weighted by Crippen LogP contribution is 2.29. The zero-order valence-electron chi connectivity index (χ0n) is 14.7. The van der Waals surface area contributed by atoms with Gasteiger partial charge in [-0.25, -0.2) is 13.1 Å². The van der Waals surface area contributed by atoms with Gasteiger partial charge >= 0.3 is 0 Å². The van der Waals surface area contributed by atoms with Gasteiger partial charge in [0.1, 0.15) is 6.10 Å². The van der Waals surface area contributed by atoms with Gasteiger partial charge in [0.05, 0.1) is 17.1 Å². The fraction of sp³-hybridized carbons (Fsp3) is 0.412. The Morgan fingerprint density at radius 1 is 1.31 bits per heavy atom. The maximum atomic E-state index is 12.7. The third-order valence-electron chi connectivity index (χ3n) is 4.34. The van der Waals surface area contributed by atoms with E-state index in [1.165, 1.54) is 31.3 Å². The minimum Gasteiger partial charge on any atom is -0.372 e. The molecule has 0 bridgehead atoms. The van der Waals surface area contributed by atoms with Crippen molar-refractivity contribution in [2.75, 3.05) is 13.7 Å². The highest BCUT2D eigenvalue weighted by molar-refractivity contribution is 7.89. The number of amides is 1. The number of ether oxygens (including phenoxy) is 1. The van der Waals surface area contributed by atoms with Crippen LogP contribution in [-0.2, 0) is 21.8 Å². The number of aromatic nitrogens is 2. The van der Waals surface area contributed by atoms with E-state index in [1.807, 2.05) is 6.20 Å². The summed E-state index contributed by atoms with van der Waals surface area (Å²) >= 11 is 0. The second kappa shape index (κ2) is 7.56. The van der Waals surface area contributed by atoms with Gasteiger partial charge in [-0.15, -0.1) is 0 Å². The molecular weight excluding hydrogens is 356 g/mol. The van der Waals surface area contributed by atoms with Crippen molar-refractivity contribution in [3.63, 3.8) is 0 Å². The molecule has 0 unspecified atom stereocenters. The molecule has 1 aliphatic heterocycles. The number of carbonyl (C=O) groups excluding carboxylic acids is 1. The molecule has 1 fully saturated rings. The zero-order valence-corrected chi connectivity index (χ0v) is 15.5. The summed E-state index contributed by atoms with van der Waals surface area (Å²) in [4.78, 5) is 11.7. The second-order valence-corrected chi connectivity index (χ2v) is 7.93. The largest absolute Gasteiger partial charge is 0.372 e. The lowest BCUT2D eigenvalue weighted by Crippen LogP contribution is -2.42. The van der Waals surface area contributed by atoms with E-state index >= 15 is 0 Å². The van der Waals surface area contributed by atoms with E-state index < -0.39 is 10.0 Å². The Kier molecular flexibility index (Phi) is 5.40. The monoisotopic (exact) mass is 378 g/mol. The molecule has 2 atom stereocenters. The Hall–Kier alpha value is -2.23. The van der Waals surface area contributed by atoms with Crippen molar-refractivity contribution in [2.24, 2.45) is 7.05 Å². The molecule has 0 saturated carbocycles.